The Morgan fingerprint density at radius 3 is 2.70 bits per heavy atom. The van der Waals surface area contributed by atoms with E-state index in [1.54, 1.807) is 17.6 Å². The van der Waals surface area contributed by atoms with Crippen LogP contribution in [0.5, 0.6) is 0 Å². The number of H-pyrrole nitrogens is 1. The minimum atomic E-state index is -0.512. The van der Waals surface area contributed by atoms with E-state index in [1.807, 2.05) is 35.9 Å². The lowest BCUT2D eigenvalue weighted by molar-refractivity contribution is 0.169. The molecule has 5 rings (SSSR count). The number of hydrogen-bond donors (Lipinski definition) is 1. The summed E-state index contributed by atoms with van der Waals surface area (Å²) in [6.45, 7) is 11.5. The van der Waals surface area contributed by atoms with Crippen LogP contribution >= 0.6 is 11.3 Å². The monoisotopic (exact) mass is 516 g/mol. The van der Waals surface area contributed by atoms with E-state index in [2.05, 4.69) is 76.7 Å². The highest BCUT2D eigenvalue weighted by molar-refractivity contribution is 7.09. The van der Waals surface area contributed by atoms with Crippen LogP contribution in [0.25, 0.3) is 10.9 Å². The first-order valence-electron chi connectivity index (χ1n) is 12.5. The van der Waals surface area contributed by atoms with E-state index in [0.717, 1.165) is 34.2 Å². The lowest BCUT2D eigenvalue weighted by Gasteiger charge is -2.33. The van der Waals surface area contributed by atoms with Gasteiger partial charge in [0.15, 0.2) is 5.82 Å². The van der Waals surface area contributed by atoms with Crippen LogP contribution in [0, 0.1) is 13.8 Å². The minimum Gasteiger partial charge on any atom is -0.468 e. The van der Waals surface area contributed by atoms with Crippen molar-refractivity contribution in [1.82, 2.24) is 30.1 Å². The van der Waals surface area contributed by atoms with E-state index in [1.165, 1.54) is 4.88 Å². The molecular formula is C28H32N6O2S. The average Bonchev–Trinajstić information content (AvgIpc) is 3.64. The van der Waals surface area contributed by atoms with E-state index in [0.29, 0.717) is 24.5 Å². The zero-order chi connectivity index (χ0) is 26.2. The van der Waals surface area contributed by atoms with Crippen LogP contribution in [0.3, 0.4) is 0 Å². The number of aromatic amines is 1. The van der Waals surface area contributed by atoms with Crippen molar-refractivity contribution < 1.29 is 4.42 Å². The summed E-state index contributed by atoms with van der Waals surface area (Å²) in [4.78, 5) is 20.3. The molecule has 0 aliphatic rings. The van der Waals surface area contributed by atoms with Crippen molar-refractivity contribution in [2.45, 2.75) is 65.7 Å². The highest BCUT2D eigenvalue weighted by Crippen LogP contribution is 2.33. The molecular weight excluding hydrogens is 484 g/mol. The number of hydrogen-bond acceptors (Lipinski definition) is 7. The van der Waals surface area contributed by atoms with E-state index in [9.17, 15) is 4.79 Å². The van der Waals surface area contributed by atoms with Crippen LogP contribution < -0.4 is 5.56 Å². The molecule has 0 bridgehead atoms. The summed E-state index contributed by atoms with van der Waals surface area (Å²) in [5, 5.41) is 16.1. The van der Waals surface area contributed by atoms with Gasteiger partial charge in [0.1, 0.15) is 11.8 Å². The summed E-state index contributed by atoms with van der Waals surface area (Å²) in [6.07, 6.45) is 2.50. The second-order valence-corrected chi connectivity index (χ2v) is 11.2. The number of rotatable bonds is 9. The number of furan rings is 1. The van der Waals surface area contributed by atoms with Crippen molar-refractivity contribution in [1.29, 1.82) is 0 Å². The largest absolute Gasteiger partial charge is 0.468 e. The number of nitrogens with zero attached hydrogens (tertiary/aromatic N) is 5. The number of tetrazole rings is 1. The first kappa shape index (κ1) is 25.1. The number of nitrogens with one attached hydrogen (secondary N) is 1. The van der Waals surface area contributed by atoms with Crippen molar-refractivity contribution in [3.63, 3.8) is 0 Å². The molecule has 0 fully saturated rings. The third-order valence-corrected chi connectivity index (χ3v) is 7.90. The summed E-state index contributed by atoms with van der Waals surface area (Å²) in [7, 11) is 0. The molecule has 0 radical (unpaired) electrons. The zero-order valence-electron chi connectivity index (χ0n) is 21.9. The molecule has 4 aromatic heterocycles. The normalized spacial score (nSPS) is 13.0. The van der Waals surface area contributed by atoms with Gasteiger partial charge in [0.05, 0.1) is 23.9 Å². The Morgan fingerprint density at radius 1 is 1.16 bits per heavy atom. The Hall–Kier alpha value is -3.56. The third kappa shape index (κ3) is 5.01. The quantitative estimate of drug-likeness (QED) is 0.269. The number of fused-ring (bicyclic) bond motifs is 1. The van der Waals surface area contributed by atoms with Gasteiger partial charge in [-0.1, -0.05) is 24.6 Å². The van der Waals surface area contributed by atoms with Gasteiger partial charge in [-0.05, 0) is 91.2 Å². The molecule has 0 aliphatic carbocycles. The van der Waals surface area contributed by atoms with Gasteiger partial charge < -0.3 is 9.40 Å². The fraction of sp³-hybridized carbons (Fsp3) is 0.357. The van der Waals surface area contributed by atoms with E-state index >= 15 is 0 Å². The molecule has 5 aromatic rings. The van der Waals surface area contributed by atoms with Crippen LogP contribution in [-0.2, 0) is 18.6 Å². The van der Waals surface area contributed by atoms with Gasteiger partial charge >= 0.3 is 0 Å². The Balaban J connectivity index is 1.75. The molecule has 37 heavy (non-hydrogen) atoms. The number of thiophene rings is 1. The van der Waals surface area contributed by atoms with Gasteiger partial charge in [-0.3, -0.25) is 9.69 Å². The average molecular weight is 517 g/mol. The first-order valence-corrected chi connectivity index (χ1v) is 13.4. The highest BCUT2D eigenvalue weighted by Gasteiger charge is 2.35. The fourth-order valence-electron chi connectivity index (χ4n) is 4.80. The van der Waals surface area contributed by atoms with Crippen molar-refractivity contribution >= 4 is 22.2 Å². The summed E-state index contributed by atoms with van der Waals surface area (Å²) in [5.41, 5.74) is 3.14. The van der Waals surface area contributed by atoms with E-state index in [4.69, 9.17) is 4.42 Å². The highest BCUT2D eigenvalue weighted by atomic mass is 32.1. The van der Waals surface area contributed by atoms with Crippen molar-refractivity contribution in [3.8, 4) is 0 Å². The Bertz CT molecular complexity index is 1510. The van der Waals surface area contributed by atoms with Gasteiger partial charge in [0.2, 0.25) is 0 Å². The summed E-state index contributed by atoms with van der Waals surface area (Å²) in [5.74, 6) is 1.43. The number of aromatic nitrogens is 5. The molecule has 192 valence electrons. The summed E-state index contributed by atoms with van der Waals surface area (Å²) < 4.78 is 7.62. The molecule has 1 N–H and O–H groups in total. The zero-order valence-corrected chi connectivity index (χ0v) is 22.7. The molecule has 0 unspecified atom stereocenters. The Morgan fingerprint density at radius 2 is 2.00 bits per heavy atom. The fourth-order valence-corrected chi connectivity index (χ4v) is 5.52. The van der Waals surface area contributed by atoms with Gasteiger partial charge in [-0.25, -0.2) is 4.68 Å². The van der Waals surface area contributed by atoms with Crippen molar-refractivity contribution in [2.75, 3.05) is 0 Å². The molecule has 0 saturated carbocycles. The third-order valence-electron chi connectivity index (χ3n) is 7.04. The molecule has 8 nitrogen and oxygen atoms in total. The molecule has 1 atom stereocenters. The van der Waals surface area contributed by atoms with Crippen molar-refractivity contribution in [2.24, 2.45) is 0 Å². The second kappa shape index (κ2) is 10.1. The number of pyridine rings is 1. The Kier molecular flexibility index (Phi) is 6.83. The second-order valence-electron chi connectivity index (χ2n) is 10.2. The van der Waals surface area contributed by atoms with Crippen molar-refractivity contribution in [3.05, 3.63) is 97.6 Å². The molecule has 0 amide bonds. The van der Waals surface area contributed by atoms with Crippen LogP contribution in [0.4, 0.5) is 0 Å². The maximum atomic E-state index is 13.8. The van der Waals surface area contributed by atoms with Crippen LogP contribution in [0.2, 0.25) is 0 Å². The number of benzene rings is 1. The Labute approximate surface area is 219 Å². The topological polar surface area (TPSA) is 92.8 Å². The van der Waals surface area contributed by atoms with Gasteiger partial charge in [0.25, 0.3) is 5.56 Å². The standard InChI is InChI=1S/C28H32N6O2S/c1-6-28(4,5)34-26(30-31-32-34)25(23-15-20-14-18(2)13-19(3)24(20)29-27(23)35)33(16-21-9-7-11-36-21)17-22-10-8-12-37-22/h7-15,25H,6,16-17H2,1-5H3,(H,29,35)/t25-/m0/s1. The van der Waals surface area contributed by atoms with Crippen LogP contribution in [0.15, 0.2) is 63.3 Å². The summed E-state index contributed by atoms with van der Waals surface area (Å²) in [6, 6.07) is 13.7. The predicted octanol–water partition coefficient (Wildman–Crippen LogP) is 5.72. The lowest BCUT2D eigenvalue weighted by atomic mass is 9.98. The van der Waals surface area contributed by atoms with Crippen LogP contribution in [-0.4, -0.2) is 30.1 Å². The van der Waals surface area contributed by atoms with Gasteiger partial charge in [0, 0.05) is 17.0 Å². The molecule has 0 spiro atoms. The van der Waals surface area contributed by atoms with E-state index in [-0.39, 0.29) is 11.1 Å². The maximum Gasteiger partial charge on any atom is 0.253 e. The van der Waals surface area contributed by atoms with Crippen LogP contribution in [0.1, 0.15) is 66.4 Å². The molecule has 0 aliphatic heterocycles. The molecule has 4 heterocycles. The van der Waals surface area contributed by atoms with Gasteiger partial charge in [-0.2, -0.15) is 0 Å². The van der Waals surface area contributed by atoms with Gasteiger partial charge in [-0.15, -0.1) is 16.4 Å². The molecule has 0 saturated heterocycles. The smallest absolute Gasteiger partial charge is 0.253 e. The predicted molar refractivity (Wildman–Crippen MR) is 146 cm³/mol. The molecule has 1 aromatic carbocycles. The first-order chi connectivity index (χ1) is 17.8. The number of aryl methyl sites for hydroxylation is 2. The maximum absolute atomic E-state index is 13.8. The molecule has 9 heteroatoms. The lowest BCUT2D eigenvalue weighted by Crippen LogP contribution is -2.37. The minimum absolute atomic E-state index is 0.149. The van der Waals surface area contributed by atoms with E-state index < -0.39 is 6.04 Å². The SMILES string of the molecule is CCC(C)(C)n1nnnc1[C@H](c1cc2cc(C)cc(C)c2[nH]c1=O)N(Cc1ccco1)Cc1cccs1. The summed E-state index contributed by atoms with van der Waals surface area (Å²) >= 11 is 1.68.